The summed E-state index contributed by atoms with van der Waals surface area (Å²) in [6.07, 6.45) is 2.57. The van der Waals surface area contributed by atoms with Crippen LogP contribution in [0.4, 0.5) is 4.39 Å². The van der Waals surface area contributed by atoms with E-state index in [4.69, 9.17) is 5.26 Å². The van der Waals surface area contributed by atoms with Crippen LogP contribution in [0.25, 0.3) is 0 Å². The molecule has 0 fully saturated rings. The fourth-order valence-corrected chi connectivity index (χ4v) is 1.07. The Labute approximate surface area is 81.9 Å². The molecule has 0 amide bonds. The zero-order valence-electron chi connectivity index (χ0n) is 7.52. The average Bonchev–Trinajstić information content (AvgIpc) is 2.19. The lowest BCUT2D eigenvalue weighted by Crippen LogP contribution is -1.95. The maximum absolute atomic E-state index is 12.5. The minimum Gasteiger partial charge on any atom is -0.388 e. The SMILES string of the molecule is N#C/C=C\C[C@H](O)c1ccc(F)cc1. The quantitative estimate of drug-likeness (QED) is 0.745. The molecule has 0 radical (unpaired) electrons. The van der Waals surface area contributed by atoms with E-state index < -0.39 is 6.10 Å². The van der Waals surface area contributed by atoms with E-state index in [-0.39, 0.29) is 5.82 Å². The van der Waals surface area contributed by atoms with Gasteiger partial charge in [0.05, 0.1) is 12.2 Å². The standard InChI is InChI=1S/C11H10FNO/c12-10-6-4-9(5-7-10)11(14)3-1-2-8-13/h1-2,4-7,11,14H,3H2/b2-1-/t11-/m0/s1. The second kappa shape index (κ2) is 5.15. The van der Waals surface area contributed by atoms with Crippen LogP contribution in [0, 0.1) is 17.1 Å². The van der Waals surface area contributed by atoms with Crippen molar-refractivity contribution in [1.82, 2.24) is 0 Å². The number of nitrogens with zero attached hydrogens (tertiary/aromatic N) is 1. The lowest BCUT2D eigenvalue weighted by atomic mass is 10.1. The molecule has 1 atom stereocenters. The van der Waals surface area contributed by atoms with E-state index in [1.807, 2.05) is 6.07 Å². The smallest absolute Gasteiger partial charge is 0.123 e. The summed E-state index contributed by atoms with van der Waals surface area (Å²) in [7, 11) is 0. The largest absolute Gasteiger partial charge is 0.388 e. The van der Waals surface area contributed by atoms with E-state index in [0.717, 1.165) is 0 Å². The molecule has 72 valence electrons. The monoisotopic (exact) mass is 191 g/mol. The third kappa shape index (κ3) is 3.00. The number of benzene rings is 1. The van der Waals surface area contributed by atoms with Gasteiger partial charge in [-0.25, -0.2) is 4.39 Å². The third-order valence-corrected chi connectivity index (χ3v) is 1.81. The Morgan fingerprint density at radius 3 is 2.64 bits per heavy atom. The zero-order chi connectivity index (χ0) is 10.4. The highest BCUT2D eigenvalue weighted by Gasteiger charge is 2.04. The molecular weight excluding hydrogens is 181 g/mol. The second-order valence-corrected chi connectivity index (χ2v) is 2.83. The summed E-state index contributed by atoms with van der Waals surface area (Å²) in [6.45, 7) is 0. The van der Waals surface area contributed by atoms with Gasteiger partial charge < -0.3 is 5.11 Å². The molecule has 3 heteroatoms. The van der Waals surface area contributed by atoms with E-state index in [2.05, 4.69) is 0 Å². The molecular formula is C11H10FNO. The molecule has 0 heterocycles. The summed E-state index contributed by atoms with van der Waals surface area (Å²) in [5.74, 6) is -0.325. The molecule has 1 aromatic rings. The molecule has 1 aromatic carbocycles. The topological polar surface area (TPSA) is 44.0 Å². The van der Waals surface area contributed by atoms with Gasteiger partial charge in [0.2, 0.25) is 0 Å². The van der Waals surface area contributed by atoms with Crippen LogP contribution in [-0.4, -0.2) is 5.11 Å². The Bertz CT molecular complexity index is 351. The Hall–Kier alpha value is -1.66. The van der Waals surface area contributed by atoms with Crippen LogP contribution in [-0.2, 0) is 0 Å². The summed E-state index contributed by atoms with van der Waals surface area (Å²) in [5, 5.41) is 17.8. The zero-order valence-corrected chi connectivity index (χ0v) is 7.52. The van der Waals surface area contributed by atoms with Gasteiger partial charge in [-0.2, -0.15) is 5.26 Å². The number of rotatable bonds is 3. The fourth-order valence-electron chi connectivity index (χ4n) is 1.07. The molecule has 0 aliphatic rings. The summed E-state index contributed by atoms with van der Waals surface area (Å²) in [6, 6.07) is 7.48. The van der Waals surface area contributed by atoms with Crippen molar-refractivity contribution in [3.8, 4) is 6.07 Å². The summed E-state index contributed by atoms with van der Waals surface area (Å²) >= 11 is 0. The van der Waals surface area contributed by atoms with Gasteiger partial charge in [0.1, 0.15) is 5.82 Å². The predicted molar refractivity (Wildman–Crippen MR) is 50.7 cm³/mol. The van der Waals surface area contributed by atoms with Crippen molar-refractivity contribution in [2.45, 2.75) is 12.5 Å². The third-order valence-electron chi connectivity index (χ3n) is 1.81. The van der Waals surface area contributed by atoms with Crippen LogP contribution in [0.1, 0.15) is 18.1 Å². The molecule has 14 heavy (non-hydrogen) atoms. The van der Waals surface area contributed by atoms with Crippen LogP contribution in [0.3, 0.4) is 0 Å². The van der Waals surface area contributed by atoms with E-state index in [0.29, 0.717) is 12.0 Å². The van der Waals surface area contributed by atoms with Gasteiger partial charge in [0.25, 0.3) is 0 Å². The molecule has 1 rings (SSSR count). The van der Waals surface area contributed by atoms with Crippen LogP contribution in [0.15, 0.2) is 36.4 Å². The molecule has 0 aliphatic heterocycles. The Morgan fingerprint density at radius 1 is 1.43 bits per heavy atom. The van der Waals surface area contributed by atoms with Gasteiger partial charge in [-0.1, -0.05) is 18.2 Å². The highest BCUT2D eigenvalue weighted by molar-refractivity contribution is 5.19. The molecule has 0 saturated carbocycles. The minimum absolute atomic E-state index is 0.325. The predicted octanol–water partition coefficient (Wildman–Crippen LogP) is 2.33. The fraction of sp³-hybridized carbons (Fsp3) is 0.182. The van der Waals surface area contributed by atoms with Crippen molar-refractivity contribution in [2.75, 3.05) is 0 Å². The second-order valence-electron chi connectivity index (χ2n) is 2.83. The lowest BCUT2D eigenvalue weighted by Gasteiger charge is -2.07. The molecule has 0 saturated heterocycles. The van der Waals surface area contributed by atoms with Crippen LogP contribution >= 0.6 is 0 Å². The highest BCUT2D eigenvalue weighted by Crippen LogP contribution is 2.16. The number of aliphatic hydroxyl groups is 1. The number of nitriles is 1. The van der Waals surface area contributed by atoms with Gasteiger partial charge in [-0.3, -0.25) is 0 Å². The first-order valence-corrected chi connectivity index (χ1v) is 4.22. The van der Waals surface area contributed by atoms with E-state index in [9.17, 15) is 9.50 Å². The molecule has 0 unspecified atom stereocenters. The highest BCUT2D eigenvalue weighted by atomic mass is 19.1. The molecule has 0 bridgehead atoms. The number of hydrogen-bond acceptors (Lipinski definition) is 2. The number of hydrogen-bond donors (Lipinski definition) is 1. The molecule has 1 N–H and O–H groups in total. The van der Waals surface area contributed by atoms with Crippen molar-refractivity contribution in [3.05, 3.63) is 47.8 Å². The average molecular weight is 191 g/mol. The normalized spacial score (nSPS) is 12.6. The first-order chi connectivity index (χ1) is 6.74. The van der Waals surface area contributed by atoms with Gasteiger partial charge in [0.15, 0.2) is 0 Å². The summed E-state index contributed by atoms with van der Waals surface area (Å²) < 4.78 is 12.5. The number of aliphatic hydroxyl groups excluding tert-OH is 1. The maximum atomic E-state index is 12.5. The van der Waals surface area contributed by atoms with Crippen LogP contribution in [0.5, 0.6) is 0 Å². The van der Waals surface area contributed by atoms with Gasteiger partial charge in [-0.15, -0.1) is 0 Å². The molecule has 0 aromatic heterocycles. The Morgan fingerprint density at radius 2 is 2.07 bits per heavy atom. The van der Waals surface area contributed by atoms with Crippen molar-refractivity contribution >= 4 is 0 Å². The summed E-state index contributed by atoms with van der Waals surface area (Å²) in [5.41, 5.74) is 0.647. The number of halogens is 1. The van der Waals surface area contributed by atoms with Crippen LogP contribution < -0.4 is 0 Å². The number of allylic oxidation sites excluding steroid dienone is 1. The molecule has 0 spiro atoms. The van der Waals surface area contributed by atoms with E-state index in [1.54, 1.807) is 6.08 Å². The Balaban J connectivity index is 2.61. The van der Waals surface area contributed by atoms with Gasteiger partial charge in [0, 0.05) is 6.08 Å². The lowest BCUT2D eigenvalue weighted by molar-refractivity contribution is 0.181. The van der Waals surface area contributed by atoms with Gasteiger partial charge >= 0.3 is 0 Å². The van der Waals surface area contributed by atoms with Crippen molar-refractivity contribution in [1.29, 1.82) is 5.26 Å². The van der Waals surface area contributed by atoms with Crippen molar-refractivity contribution in [3.63, 3.8) is 0 Å². The summed E-state index contributed by atoms with van der Waals surface area (Å²) in [4.78, 5) is 0. The van der Waals surface area contributed by atoms with E-state index >= 15 is 0 Å². The maximum Gasteiger partial charge on any atom is 0.123 e. The molecule has 0 aliphatic carbocycles. The molecule has 2 nitrogen and oxygen atoms in total. The van der Waals surface area contributed by atoms with E-state index in [1.165, 1.54) is 30.3 Å². The van der Waals surface area contributed by atoms with Crippen LogP contribution in [0.2, 0.25) is 0 Å². The first kappa shape index (κ1) is 10.4. The van der Waals surface area contributed by atoms with Crippen molar-refractivity contribution < 1.29 is 9.50 Å². The first-order valence-electron chi connectivity index (χ1n) is 4.22. The van der Waals surface area contributed by atoms with Crippen molar-refractivity contribution in [2.24, 2.45) is 0 Å². The Kier molecular flexibility index (Phi) is 3.84. The minimum atomic E-state index is -0.680. The van der Waals surface area contributed by atoms with Gasteiger partial charge in [-0.05, 0) is 24.1 Å².